The standard InChI is InChI=1S/C12H11ClN2O4S2/c1-7-14-10(12(16)17)11(20-7)15-21(18,19)6-8-2-4-9(13)5-3-8/h2-5,15H,6H2,1H3,(H,16,17). The van der Waals surface area contributed by atoms with E-state index in [-0.39, 0.29) is 16.4 Å². The first kappa shape index (κ1) is 15.7. The highest BCUT2D eigenvalue weighted by Crippen LogP contribution is 2.26. The number of carbonyl (C=O) groups is 1. The van der Waals surface area contributed by atoms with Gasteiger partial charge in [0.2, 0.25) is 10.0 Å². The molecule has 2 rings (SSSR count). The molecule has 0 radical (unpaired) electrons. The maximum atomic E-state index is 12.1. The molecule has 1 aromatic carbocycles. The van der Waals surface area contributed by atoms with Gasteiger partial charge in [0.25, 0.3) is 0 Å². The lowest BCUT2D eigenvalue weighted by Gasteiger charge is -2.06. The lowest BCUT2D eigenvalue weighted by molar-refractivity contribution is 0.0692. The van der Waals surface area contributed by atoms with Crippen LogP contribution in [0.4, 0.5) is 5.00 Å². The van der Waals surface area contributed by atoms with Crippen LogP contribution in [0.2, 0.25) is 5.02 Å². The van der Waals surface area contributed by atoms with Gasteiger partial charge in [0.05, 0.1) is 10.8 Å². The van der Waals surface area contributed by atoms with Gasteiger partial charge in [0.15, 0.2) is 5.69 Å². The van der Waals surface area contributed by atoms with Crippen molar-refractivity contribution >= 4 is 43.9 Å². The molecule has 9 heteroatoms. The van der Waals surface area contributed by atoms with E-state index in [4.69, 9.17) is 16.7 Å². The fourth-order valence-corrected chi connectivity index (χ4v) is 4.04. The minimum absolute atomic E-state index is 0.00830. The summed E-state index contributed by atoms with van der Waals surface area (Å²) in [5.74, 6) is -1.55. The lowest BCUT2D eigenvalue weighted by Crippen LogP contribution is -2.16. The Morgan fingerprint density at radius 3 is 2.57 bits per heavy atom. The number of aryl methyl sites for hydroxylation is 1. The molecule has 2 aromatic rings. The number of carboxylic acid groups (broad SMARTS) is 1. The molecule has 0 unspecified atom stereocenters. The molecule has 21 heavy (non-hydrogen) atoms. The third-order valence-electron chi connectivity index (χ3n) is 2.45. The van der Waals surface area contributed by atoms with E-state index in [1.54, 1.807) is 31.2 Å². The van der Waals surface area contributed by atoms with Crippen molar-refractivity contribution in [2.75, 3.05) is 4.72 Å². The molecule has 0 aliphatic rings. The molecular weight excluding hydrogens is 336 g/mol. The number of nitrogens with one attached hydrogen (secondary N) is 1. The van der Waals surface area contributed by atoms with Crippen LogP contribution in [0.1, 0.15) is 21.1 Å². The van der Waals surface area contributed by atoms with Crippen molar-refractivity contribution < 1.29 is 18.3 Å². The second-order valence-electron chi connectivity index (χ2n) is 4.20. The molecular formula is C12H11ClN2O4S2. The lowest BCUT2D eigenvalue weighted by atomic mass is 10.2. The maximum Gasteiger partial charge on any atom is 0.357 e. The van der Waals surface area contributed by atoms with Crippen LogP contribution >= 0.6 is 22.9 Å². The number of sulfonamides is 1. The second-order valence-corrected chi connectivity index (χ2v) is 7.57. The summed E-state index contributed by atoms with van der Waals surface area (Å²) in [5.41, 5.74) is 0.252. The van der Waals surface area contributed by atoms with E-state index in [9.17, 15) is 13.2 Å². The number of aromatic carboxylic acids is 1. The first-order valence-corrected chi connectivity index (χ1v) is 8.57. The molecule has 0 amide bonds. The largest absolute Gasteiger partial charge is 0.476 e. The van der Waals surface area contributed by atoms with Gasteiger partial charge in [-0.3, -0.25) is 4.72 Å². The van der Waals surface area contributed by atoms with Crippen LogP contribution in [0.3, 0.4) is 0 Å². The Balaban J connectivity index is 2.21. The number of aromatic nitrogens is 1. The summed E-state index contributed by atoms with van der Waals surface area (Å²) in [6.07, 6.45) is 0. The number of anilines is 1. The second kappa shape index (κ2) is 6.00. The van der Waals surface area contributed by atoms with E-state index in [0.29, 0.717) is 15.6 Å². The summed E-state index contributed by atoms with van der Waals surface area (Å²) in [6, 6.07) is 6.37. The van der Waals surface area contributed by atoms with Crippen molar-refractivity contribution in [2.45, 2.75) is 12.7 Å². The van der Waals surface area contributed by atoms with Gasteiger partial charge in [-0.05, 0) is 24.6 Å². The van der Waals surface area contributed by atoms with E-state index in [1.807, 2.05) is 0 Å². The van der Waals surface area contributed by atoms with E-state index in [1.165, 1.54) is 0 Å². The number of nitrogens with zero attached hydrogens (tertiary/aromatic N) is 1. The number of hydrogen-bond donors (Lipinski definition) is 2. The van der Waals surface area contributed by atoms with Gasteiger partial charge in [0, 0.05) is 5.02 Å². The predicted molar refractivity (Wildman–Crippen MR) is 81.5 cm³/mol. The highest BCUT2D eigenvalue weighted by molar-refractivity contribution is 7.92. The molecule has 0 atom stereocenters. The van der Waals surface area contributed by atoms with Crippen molar-refractivity contribution in [1.29, 1.82) is 0 Å². The molecule has 112 valence electrons. The summed E-state index contributed by atoms with van der Waals surface area (Å²) in [6.45, 7) is 1.61. The van der Waals surface area contributed by atoms with Crippen LogP contribution in [0.25, 0.3) is 0 Å². The van der Waals surface area contributed by atoms with Crippen molar-refractivity contribution in [1.82, 2.24) is 4.98 Å². The first-order valence-electron chi connectivity index (χ1n) is 5.72. The molecule has 0 fully saturated rings. The van der Waals surface area contributed by atoms with Crippen LogP contribution in [0, 0.1) is 6.92 Å². The third kappa shape index (κ3) is 4.16. The summed E-state index contributed by atoms with van der Waals surface area (Å²) >= 11 is 6.71. The van der Waals surface area contributed by atoms with Crippen molar-refractivity contribution in [3.8, 4) is 0 Å². The molecule has 1 aromatic heterocycles. The summed E-state index contributed by atoms with van der Waals surface area (Å²) in [7, 11) is -3.73. The number of carboxylic acids is 1. The average Bonchev–Trinajstić information content (AvgIpc) is 2.72. The van der Waals surface area contributed by atoms with Gasteiger partial charge in [-0.15, -0.1) is 11.3 Å². The fraction of sp³-hybridized carbons (Fsp3) is 0.167. The highest BCUT2D eigenvalue weighted by atomic mass is 35.5. The number of benzene rings is 1. The molecule has 0 spiro atoms. The Morgan fingerprint density at radius 2 is 2.00 bits per heavy atom. The summed E-state index contributed by atoms with van der Waals surface area (Å²) in [4.78, 5) is 14.8. The quantitative estimate of drug-likeness (QED) is 0.867. The molecule has 2 N–H and O–H groups in total. The van der Waals surface area contributed by atoms with Crippen molar-refractivity contribution in [2.24, 2.45) is 0 Å². The summed E-state index contributed by atoms with van der Waals surface area (Å²) < 4.78 is 26.4. The minimum Gasteiger partial charge on any atom is -0.476 e. The van der Waals surface area contributed by atoms with Gasteiger partial charge in [0.1, 0.15) is 5.00 Å². The monoisotopic (exact) mass is 346 g/mol. The fourth-order valence-electron chi connectivity index (χ4n) is 1.62. The third-order valence-corrected chi connectivity index (χ3v) is 4.95. The van der Waals surface area contributed by atoms with E-state index in [2.05, 4.69) is 9.71 Å². The Bertz CT molecular complexity index is 769. The smallest absolute Gasteiger partial charge is 0.357 e. The Morgan fingerprint density at radius 1 is 1.38 bits per heavy atom. The van der Waals surface area contributed by atoms with Gasteiger partial charge >= 0.3 is 5.97 Å². The van der Waals surface area contributed by atoms with Crippen LogP contribution in [0.15, 0.2) is 24.3 Å². The molecule has 0 aliphatic carbocycles. The minimum atomic E-state index is -3.73. The molecule has 0 saturated carbocycles. The van der Waals surface area contributed by atoms with E-state index < -0.39 is 16.0 Å². The zero-order valence-corrected chi connectivity index (χ0v) is 13.2. The Labute approximate surface area is 130 Å². The predicted octanol–water partition coefficient (Wildman–Crippen LogP) is 2.75. The van der Waals surface area contributed by atoms with Crippen molar-refractivity contribution in [3.63, 3.8) is 0 Å². The van der Waals surface area contributed by atoms with Gasteiger partial charge < -0.3 is 5.11 Å². The van der Waals surface area contributed by atoms with Crippen LogP contribution in [0.5, 0.6) is 0 Å². The molecule has 0 bridgehead atoms. The van der Waals surface area contributed by atoms with Crippen LogP contribution < -0.4 is 4.72 Å². The van der Waals surface area contributed by atoms with Gasteiger partial charge in [-0.2, -0.15) is 0 Å². The SMILES string of the molecule is Cc1nc(C(=O)O)c(NS(=O)(=O)Cc2ccc(Cl)cc2)s1. The first-order chi connectivity index (χ1) is 9.77. The molecule has 0 aliphatic heterocycles. The highest BCUT2D eigenvalue weighted by Gasteiger charge is 2.21. The van der Waals surface area contributed by atoms with Gasteiger partial charge in [-0.1, -0.05) is 23.7 Å². The molecule has 6 nitrogen and oxygen atoms in total. The van der Waals surface area contributed by atoms with Gasteiger partial charge in [-0.25, -0.2) is 18.2 Å². The van der Waals surface area contributed by atoms with Crippen LogP contribution in [-0.2, 0) is 15.8 Å². The normalized spacial score (nSPS) is 11.3. The molecule has 0 saturated heterocycles. The number of rotatable bonds is 5. The van der Waals surface area contributed by atoms with Crippen LogP contribution in [-0.4, -0.2) is 24.5 Å². The zero-order valence-electron chi connectivity index (χ0n) is 10.8. The van der Waals surface area contributed by atoms with Crippen molar-refractivity contribution in [3.05, 3.63) is 45.6 Å². The number of thiazole rings is 1. The average molecular weight is 347 g/mol. The number of hydrogen-bond acceptors (Lipinski definition) is 5. The summed E-state index contributed by atoms with van der Waals surface area (Å²) in [5, 5.41) is 9.98. The topological polar surface area (TPSA) is 96.4 Å². The Hall–Kier alpha value is -1.64. The Kier molecular flexibility index (Phi) is 4.50. The maximum absolute atomic E-state index is 12.1. The number of halogens is 1. The zero-order chi connectivity index (χ0) is 15.6. The van der Waals surface area contributed by atoms with E-state index >= 15 is 0 Å². The van der Waals surface area contributed by atoms with E-state index in [0.717, 1.165) is 11.3 Å². The molecule has 1 heterocycles.